The largest absolute Gasteiger partial charge is 0.465 e. The number of hydrogen-bond acceptors (Lipinski definition) is 4. The number of ether oxygens (including phenoxy) is 1. The molecule has 0 spiro atoms. The second-order valence-corrected chi connectivity index (χ2v) is 6.08. The minimum atomic E-state index is -1.34. The van der Waals surface area contributed by atoms with Gasteiger partial charge in [-0.05, 0) is 36.8 Å². The number of nitriles is 1. The van der Waals surface area contributed by atoms with Crippen molar-refractivity contribution in [2.75, 3.05) is 6.61 Å². The van der Waals surface area contributed by atoms with Crippen molar-refractivity contribution in [2.45, 2.75) is 43.9 Å². The molecule has 114 valence electrons. The third-order valence-electron chi connectivity index (χ3n) is 5.02. The number of benzene rings is 1. The lowest BCUT2D eigenvalue weighted by Gasteiger charge is -2.28. The van der Waals surface area contributed by atoms with E-state index >= 15 is 0 Å². The highest BCUT2D eigenvalue weighted by atomic mass is 16.5. The smallest absolute Gasteiger partial charge is 0.331 e. The number of esters is 1. The van der Waals surface area contributed by atoms with Crippen molar-refractivity contribution in [2.24, 2.45) is 5.92 Å². The topological polar surface area (TPSA) is 67.2 Å². The maximum absolute atomic E-state index is 12.7. The van der Waals surface area contributed by atoms with Gasteiger partial charge in [-0.2, -0.15) is 5.26 Å². The molecule has 22 heavy (non-hydrogen) atoms. The van der Waals surface area contributed by atoms with Crippen LogP contribution in [-0.2, 0) is 19.7 Å². The van der Waals surface area contributed by atoms with Crippen LogP contribution in [0.5, 0.6) is 0 Å². The molecule has 2 aliphatic carbocycles. The van der Waals surface area contributed by atoms with E-state index in [1.165, 1.54) is 0 Å². The van der Waals surface area contributed by atoms with Crippen molar-refractivity contribution < 1.29 is 14.3 Å². The van der Waals surface area contributed by atoms with E-state index in [1.807, 2.05) is 24.3 Å². The predicted octanol–water partition coefficient (Wildman–Crippen LogP) is 2.87. The monoisotopic (exact) mass is 297 g/mol. The van der Waals surface area contributed by atoms with Crippen LogP contribution in [0.3, 0.4) is 0 Å². The highest BCUT2D eigenvalue weighted by Crippen LogP contribution is 2.55. The summed E-state index contributed by atoms with van der Waals surface area (Å²) in [5, 5.41) is 9.92. The van der Waals surface area contributed by atoms with Gasteiger partial charge in [-0.15, -0.1) is 0 Å². The fourth-order valence-electron chi connectivity index (χ4n) is 4.11. The zero-order valence-electron chi connectivity index (χ0n) is 12.7. The molecule has 2 aliphatic rings. The molecule has 1 aromatic carbocycles. The van der Waals surface area contributed by atoms with Crippen LogP contribution < -0.4 is 0 Å². The summed E-state index contributed by atoms with van der Waals surface area (Å²) >= 11 is 0. The van der Waals surface area contributed by atoms with Gasteiger partial charge in [0.15, 0.2) is 5.41 Å². The molecular weight excluding hydrogens is 278 g/mol. The molecule has 0 aliphatic heterocycles. The first-order valence-electron chi connectivity index (χ1n) is 7.84. The summed E-state index contributed by atoms with van der Waals surface area (Å²) in [6, 6.07) is 9.84. The molecule has 0 bridgehead atoms. The van der Waals surface area contributed by atoms with E-state index in [-0.39, 0.29) is 30.6 Å². The Hall–Kier alpha value is -2.15. The third kappa shape index (κ3) is 1.96. The molecule has 0 aromatic heterocycles. The Morgan fingerprint density at radius 3 is 2.95 bits per heavy atom. The predicted molar refractivity (Wildman–Crippen MR) is 80.1 cm³/mol. The van der Waals surface area contributed by atoms with Crippen molar-refractivity contribution in [3.8, 4) is 6.07 Å². The van der Waals surface area contributed by atoms with Crippen LogP contribution in [0.4, 0.5) is 0 Å². The lowest BCUT2D eigenvalue weighted by Crippen LogP contribution is -2.41. The van der Waals surface area contributed by atoms with E-state index in [2.05, 4.69) is 6.07 Å². The minimum Gasteiger partial charge on any atom is -0.465 e. The fraction of sp³-hybridized carbons (Fsp3) is 0.500. The number of carbonyl (C=O) groups excluding carboxylic acids is 2. The summed E-state index contributed by atoms with van der Waals surface area (Å²) < 4.78 is 5.23. The Labute approximate surface area is 130 Å². The molecule has 1 saturated carbocycles. The number of fused-ring (bicyclic) bond motifs is 3. The van der Waals surface area contributed by atoms with Gasteiger partial charge in [0.2, 0.25) is 0 Å². The lowest BCUT2D eigenvalue weighted by molar-refractivity contribution is -0.149. The average Bonchev–Trinajstić information content (AvgIpc) is 2.64. The summed E-state index contributed by atoms with van der Waals surface area (Å²) in [6.45, 7) is 1.97. The van der Waals surface area contributed by atoms with Crippen LogP contribution >= 0.6 is 0 Å². The number of carbonyl (C=O) groups is 2. The number of ketones is 1. The van der Waals surface area contributed by atoms with Crippen molar-refractivity contribution in [1.82, 2.24) is 0 Å². The summed E-state index contributed by atoms with van der Waals surface area (Å²) in [7, 11) is 0. The quantitative estimate of drug-likeness (QED) is 0.787. The molecule has 4 nitrogen and oxygen atoms in total. The molecule has 3 atom stereocenters. The number of rotatable bonds is 2. The molecule has 0 unspecified atom stereocenters. The van der Waals surface area contributed by atoms with E-state index in [0.29, 0.717) is 6.42 Å². The molecular formula is C18H19NO3. The molecule has 0 N–H and O–H groups in total. The zero-order chi connectivity index (χ0) is 15.7. The molecule has 4 heteroatoms. The SMILES string of the molecule is CCOC(=O)[C@]1(C#N)c2ccccc2[C@H]2CCCC(=O)C[C@H]21. The van der Waals surface area contributed by atoms with Gasteiger partial charge in [0.05, 0.1) is 12.7 Å². The Kier molecular flexibility index (Phi) is 3.74. The van der Waals surface area contributed by atoms with E-state index in [9.17, 15) is 14.9 Å². The highest BCUT2D eigenvalue weighted by molar-refractivity contribution is 5.91. The maximum Gasteiger partial charge on any atom is 0.331 e. The van der Waals surface area contributed by atoms with E-state index in [1.54, 1.807) is 6.92 Å². The Bertz CT molecular complexity index is 661. The van der Waals surface area contributed by atoms with Gasteiger partial charge < -0.3 is 4.74 Å². The van der Waals surface area contributed by atoms with Crippen molar-refractivity contribution >= 4 is 11.8 Å². The van der Waals surface area contributed by atoms with Crippen LogP contribution in [-0.4, -0.2) is 18.4 Å². The lowest BCUT2D eigenvalue weighted by atomic mass is 9.71. The van der Waals surface area contributed by atoms with Gasteiger partial charge in [0, 0.05) is 18.8 Å². The summed E-state index contributed by atoms with van der Waals surface area (Å²) in [5.41, 5.74) is 0.439. The van der Waals surface area contributed by atoms with Gasteiger partial charge in [-0.1, -0.05) is 24.3 Å². The van der Waals surface area contributed by atoms with Crippen molar-refractivity contribution in [3.63, 3.8) is 0 Å². The molecule has 0 heterocycles. The van der Waals surface area contributed by atoms with Crippen LogP contribution in [0.2, 0.25) is 0 Å². The van der Waals surface area contributed by atoms with Crippen molar-refractivity contribution in [1.29, 1.82) is 5.26 Å². The van der Waals surface area contributed by atoms with Gasteiger partial charge in [-0.3, -0.25) is 4.79 Å². The highest BCUT2D eigenvalue weighted by Gasteiger charge is 2.59. The normalized spacial score (nSPS) is 29.9. The Balaban J connectivity index is 2.19. The summed E-state index contributed by atoms with van der Waals surface area (Å²) in [4.78, 5) is 24.8. The second-order valence-electron chi connectivity index (χ2n) is 6.08. The Morgan fingerprint density at radius 2 is 2.23 bits per heavy atom. The van der Waals surface area contributed by atoms with Crippen LogP contribution in [0.25, 0.3) is 0 Å². The molecule has 0 saturated heterocycles. The van der Waals surface area contributed by atoms with E-state index in [0.717, 1.165) is 24.0 Å². The molecule has 0 amide bonds. The number of nitrogens with zero attached hydrogens (tertiary/aromatic N) is 1. The molecule has 0 radical (unpaired) electrons. The van der Waals surface area contributed by atoms with E-state index in [4.69, 9.17) is 4.74 Å². The Morgan fingerprint density at radius 1 is 1.45 bits per heavy atom. The van der Waals surface area contributed by atoms with Gasteiger partial charge in [0.25, 0.3) is 0 Å². The molecule has 3 rings (SSSR count). The van der Waals surface area contributed by atoms with Gasteiger partial charge >= 0.3 is 5.97 Å². The molecule has 1 aromatic rings. The standard InChI is InChI=1S/C18H19NO3/c1-2-22-17(21)18(11-19)15-9-4-3-7-13(15)14-8-5-6-12(20)10-16(14)18/h3-4,7,9,14,16H,2,5-6,8,10H2,1H3/t14-,16-,18-/m1/s1. The number of Topliss-reactive ketones (excluding diaryl/α,β-unsaturated/α-hetero) is 1. The average molecular weight is 297 g/mol. The van der Waals surface area contributed by atoms with Crippen LogP contribution in [0, 0.1) is 17.2 Å². The first-order chi connectivity index (χ1) is 10.6. The van der Waals surface area contributed by atoms with Crippen molar-refractivity contribution in [3.05, 3.63) is 35.4 Å². The second kappa shape index (κ2) is 5.57. The third-order valence-corrected chi connectivity index (χ3v) is 5.02. The van der Waals surface area contributed by atoms with Gasteiger partial charge in [-0.25, -0.2) is 4.79 Å². The number of hydrogen-bond donors (Lipinski definition) is 0. The first kappa shape index (κ1) is 14.8. The fourth-order valence-corrected chi connectivity index (χ4v) is 4.11. The molecule has 1 fully saturated rings. The van der Waals surface area contributed by atoms with Crippen LogP contribution in [0.15, 0.2) is 24.3 Å². The summed E-state index contributed by atoms with van der Waals surface area (Å²) in [6.07, 6.45) is 2.49. The minimum absolute atomic E-state index is 0.0895. The van der Waals surface area contributed by atoms with Gasteiger partial charge in [0.1, 0.15) is 5.78 Å². The van der Waals surface area contributed by atoms with E-state index < -0.39 is 11.4 Å². The summed E-state index contributed by atoms with van der Waals surface area (Å²) in [5.74, 6) is -0.577. The van der Waals surface area contributed by atoms with Crippen LogP contribution in [0.1, 0.15) is 49.7 Å². The first-order valence-corrected chi connectivity index (χ1v) is 7.84. The zero-order valence-corrected chi connectivity index (χ0v) is 12.7. The maximum atomic E-state index is 12.7.